The first-order chi connectivity index (χ1) is 11.3. The summed E-state index contributed by atoms with van der Waals surface area (Å²) in [6.07, 6.45) is 0. The summed E-state index contributed by atoms with van der Waals surface area (Å²) in [7, 11) is 3.14. The minimum atomic E-state index is -0.288. The van der Waals surface area contributed by atoms with E-state index in [4.69, 9.17) is 9.47 Å². The molecule has 0 atom stereocenters. The van der Waals surface area contributed by atoms with Gasteiger partial charge in [-0.1, -0.05) is 42.5 Å². The lowest BCUT2D eigenvalue weighted by atomic mass is 10.3. The molecule has 0 aromatic heterocycles. The van der Waals surface area contributed by atoms with Crippen molar-refractivity contribution < 1.29 is 9.47 Å². The SMILES string of the molecule is COc1ccccc1[S+](c1ccccc1)c1ccccc1OC. The number of hydrogen-bond acceptors (Lipinski definition) is 2. The summed E-state index contributed by atoms with van der Waals surface area (Å²) in [6.45, 7) is 0. The van der Waals surface area contributed by atoms with Crippen molar-refractivity contribution in [2.75, 3.05) is 14.2 Å². The number of methoxy groups -OCH3 is 2. The Hall–Kier alpha value is -2.39. The van der Waals surface area contributed by atoms with Crippen LogP contribution in [0.4, 0.5) is 0 Å². The van der Waals surface area contributed by atoms with E-state index < -0.39 is 0 Å². The Morgan fingerprint density at radius 2 is 1.00 bits per heavy atom. The average Bonchev–Trinajstić information content (AvgIpc) is 2.64. The van der Waals surface area contributed by atoms with Gasteiger partial charge in [0.1, 0.15) is 10.9 Å². The molecule has 3 aromatic carbocycles. The lowest BCUT2D eigenvalue weighted by molar-refractivity contribution is 0.402. The maximum absolute atomic E-state index is 5.61. The van der Waals surface area contributed by atoms with Gasteiger partial charge in [0.25, 0.3) is 0 Å². The quantitative estimate of drug-likeness (QED) is 0.628. The van der Waals surface area contributed by atoms with Gasteiger partial charge in [-0.15, -0.1) is 0 Å². The molecule has 3 rings (SSSR count). The zero-order valence-corrected chi connectivity index (χ0v) is 14.0. The molecule has 23 heavy (non-hydrogen) atoms. The highest BCUT2D eigenvalue weighted by Crippen LogP contribution is 2.40. The third-order valence-corrected chi connectivity index (χ3v) is 5.85. The van der Waals surface area contributed by atoms with Crippen molar-refractivity contribution in [3.05, 3.63) is 78.9 Å². The zero-order chi connectivity index (χ0) is 16.1. The third kappa shape index (κ3) is 3.20. The van der Waals surface area contributed by atoms with Crippen LogP contribution < -0.4 is 9.47 Å². The molecule has 0 unspecified atom stereocenters. The molecule has 0 N–H and O–H groups in total. The van der Waals surface area contributed by atoms with Crippen LogP contribution in [-0.2, 0) is 10.9 Å². The van der Waals surface area contributed by atoms with Gasteiger partial charge in [0.05, 0.1) is 14.2 Å². The number of ether oxygens (including phenoxy) is 2. The molecular formula is C20H19O2S+. The first kappa shape index (κ1) is 15.5. The molecule has 0 spiro atoms. The second-order valence-corrected chi connectivity index (χ2v) is 6.88. The topological polar surface area (TPSA) is 18.5 Å². The molecule has 0 aliphatic carbocycles. The summed E-state index contributed by atoms with van der Waals surface area (Å²) in [4.78, 5) is 3.55. The van der Waals surface area contributed by atoms with Crippen LogP contribution in [0.5, 0.6) is 11.5 Å². The van der Waals surface area contributed by atoms with Crippen LogP contribution in [-0.4, -0.2) is 14.2 Å². The van der Waals surface area contributed by atoms with Gasteiger partial charge in [-0.3, -0.25) is 0 Å². The van der Waals surface area contributed by atoms with Gasteiger partial charge in [0, 0.05) is 0 Å². The molecular weight excluding hydrogens is 304 g/mol. The van der Waals surface area contributed by atoms with E-state index in [1.54, 1.807) is 14.2 Å². The zero-order valence-electron chi connectivity index (χ0n) is 13.2. The number of para-hydroxylation sites is 2. The second kappa shape index (κ2) is 7.25. The molecule has 0 heterocycles. The fraction of sp³-hybridized carbons (Fsp3) is 0.100. The summed E-state index contributed by atoms with van der Waals surface area (Å²) in [5.41, 5.74) is 0. The van der Waals surface area contributed by atoms with E-state index in [-0.39, 0.29) is 10.9 Å². The Morgan fingerprint density at radius 1 is 0.565 bits per heavy atom. The number of rotatable bonds is 5. The molecule has 0 fully saturated rings. The first-order valence-electron chi connectivity index (χ1n) is 7.40. The fourth-order valence-electron chi connectivity index (χ4n) is 2.50. The summed E-state index contributed by atoms with van der Waals surface area (Å²) in [6, 6.07) is 26.9. The number of hydrogen-bond donors (Lipinski definition) is 0. The normalized spacial score (nSPS) is 10.6. The van der Waals surface area contributed by atoms with Crippen molar-refractivity contribution in [1.29, 1.82) is 0 Å². The lowest BCUT2D eigenvalue weighted by Gasteiger charge is -2.13. The van der Waals surface area contributed by atoms with Crippen LogP contribution in [0.3, 0.4) is 0 Å². The molecule has 116 valence electrons. The Kier molecular flexibility index (Phi) is 4.89. The van der Waals surface area contributed by atoms with Crippen LogP contribution >= 0.6 is 0 Å². The van der Waals surface area contributed by atoms with E-state index in [1.807, 2.05) is 30.3 Å². The molecule has 3 heteroatoms. The Bertz CT molecular complexity index is 724. The summed E-state index contributed by atoms with van der Waals surface area (Å²) in [5, 5.41) is 0. The fourth-order valence-corrected chi connectivity index (χ4v) is 4.81. The van der Waals surface area contributed by atoms with Crippen LogP contribution in [0.15, 0.2) is 93.5 Å². The standard InChI is InChI=1S/C20H19O2S/c1-21-17-12-6-8-14-19(17)23(16-10-4-3-5-11-16)20-15-9-7-13-18(20)22-2/h3-15H,1-2H3/q+1. The highest BCUT2D eigenvalue weighted by molar-refractivity contribution is 7.97. The minimum absolute atomic E-state index is 0.288. The molecule has 0 saturated heterocycles. The summed E-state index contributed by atoms with van der Waals surface area (Å²) >= 11 is 0. The van der Waals surface area contributed by atoms with Crippen LogP contribution in [0, 0.1) is 0 Å². The van der Waals surface area contributed by atoms with Gasteiger partial charge in [0.15, 0.2) is 16.4 Å². The van der Waals surface area contributed by atoms with E-state index >= 15 is 0 Å². The van der Waals surface area contributed by atoms with Crippen LogP contribution in [0.1, 0.15) is 0 Å². The molecule has 3 aromatic rings. The van der Waals surface area contributed by atoms with Crippen LogP contribution in [0.2, 0.25) is 0 Å². The molecule has 2 nitrogen and oxygen atoms in total. The van der Waals surface area contributed by atoms with Crippen LogP contribution in [0.25, 0.3) is 0 Å². The summed E-state index contributed by atoms with van der Waals surface area (Å²) in [5.74, 6) is 1.79. The van der Waals surface area contributed by atoms with Crippen molar-refractivity contribution in [2.24, 2.45) is 0 Å². The predicted octanol–water partition coefficient (Wildman–Crippen LogP) is 4.80. The molecule has 0 radical (unpaired) electrons. The van der Waals surface area contributed by atoms with Crippen molar-refractivity contribution in [3.8, 4) is 11.5 Å². The van der Waals surface area contributed by atoms with E-state index in [2.05, 4.69) is 48.5 Å². The second-order valence-electron chi connectivity index (χ2n) is 4.92. The Labute approximate surface area is 140 Å². The number of benzene rings is 3. The van der Waals surface area contributed by atoms with E-state index in [1.165, 1.54) is 4.90 Å². The lowest BCUT2D eigenvalue weighted by Crippen LogP contribution is -2.08. The van der Waals surface area contributed by atoms with E-state index in [0.717, 1.165) is 21.3 Å². The van der Waals surface area contributed by atoms with E-state index in [9.17, 15) is 0 Å². The summed E-state index contributed by atoms with van der Waals surface area (Å²) < 4.78 is 11.2. The minimum Gasteiger partial charge on any atom is -0.491 e. The molecule has 0 saturated carbocycles. The maximum Gasteiger partial charge on any atom is 0.208 e. The highest BCUT2D eigenvalue weighted by atomic mass is 32.2. The molecule has 0 aliphatic heterocycles. The van der Waals surface area contributed by atoms with Gasteiger partial charge in [0.2, 0.25) is 9.79 Å². The van der Waals surface area contributed by atoms with Crippen molar-refractivity contribution in [2.45, 2.75) is 14.7 Å². The smallest absolute Gasteiger partial charge is 0.208 e. The van der Waals surface area contributed by atoms with Crippen molar-refractivity contribution >= 4 is 10.9 Å². The largest absolute Gasteiger partial charge is 0.491 e. The van der Waals surface area contributed by atoms with Gasteiger partial charge in [-0.25, -0.2) is 0 Å². The molecule has 0 bridgehead atoms. The average molecular weight is 323 g/mol. The van der Waals surface area contributed by atoms with Gasteiger partial charge >= 0.3 is 0 Å². The predicted molar refractivity (Wildman–Crippen MR) is 94.6 cm³/mol. The van der Waals surface area contributed by atoms with Gasteiger partial charge in [-0.2, -0.15) is 0 Å². The van der Waals surface area contributed by atoms with E-state index in [0.29, 0.717) is 0 Å². The molecule has 0 aliphatic rings. The molecule has 0 amide bonds. The highest BCUT2D eigenvalue weighted by Gasteiger charge is 2.34. The van der Waals surface area contributed by atoms with Crippen molar-refractivity contribution in [3.63, 3.8) is 0 Å². The van der Waals surface area contributed by atoms with Gasteiger partial charge in [-0.05, 0) is 36.4 Å². The Balaban J connectivity index is 2.23. The first-order valence-corrected chi connectivity index (χ1v) is 8.63. The van der Waals surface area contributed by atoms with Gasteiger partial charge < -0.3 is 9.47 Å². The third-order valence-electron chi connectivity index (χ3n) is 3.56. The monoisotopic (exact) mass is 323 g/mol. The van der Waals surface area contributed by atoms with Crippen molar-refractivity contribution in [1.82, 2.24) is 0 Å². The Morgan fingerprint density at radius 3 is 1.48 bits per heavy atom. The maximum atomic E-state index is 5.61.